The third-order valence-electron chi connectivity index (χ3n) is 3.66. The molecule has 0 heterocycles. The molecule has 0 aliphatic heterocycles. The van der Waals surface area contributed by atoms with Crippen molar-refractivity contribution in [1.29, 1.82) is 0 Å². The maximum atomic E-state index is 12.2. The van der Waals surface area contributed by atoms with Gasteiger partial charge in [-0.2, -0.15) is 0 Å². The second kappa shape index (κ2) is 7.35. The monoisotopic (exact) mass is 312 g/mol. The van der Waals surface area contributed by atoms with Crippen LogP contribution in [0, 0.1) is 0 Å². The molecule has 6 heteroatoms. The molecule has 1 aliphatic rings. The van der Waals surface area contributed by atoms with Crippen LogP contribution < -0.4 is 10.0 Å². The quantitative estimate of drug-likeness (QED) is 0.651. The molecule has 0 radical (unpaired) electrons. The number of nitrogens with one attached hydrogen (secondary N) is 2. The van der Waals surface area contributed by atoms with Crippen LogP contribution in [-0.4, -0.2) is 39.3 Å². The van der Waals surface area contributed by atoms with Gasteiger partial charge in [-0.05, 0) is 55.9 Å². The van der Waals surface area contributed by atoms with Crippen molar-refractivity contribution in [3.05, 3.63) is 29.3 Å². The Morgan fingerprint density at radius 1 is 1.19 bits per heavy atom. The number of benzene rings is 1. The van der Waals surface area contributed by atoms with Crippen LogP contribution in [-0.2, 0) is 22.9 Å². The van der Waals surface area contributed by atoms with Crippen molar-refractivity contribution < 1.29 is 13.5 Å². The minimum absolute atomic E-state index is 0.312. The summed E-state index contributed by atoms with van der Waals surface area (Å²) in [5, 5.41) is 12.1. The predicted octanol–water partition coefficient (Wildman–Crippen LogP) is 0.814. The van der Waals surface area contributed by atoms with Crippen molar-refractivity contribution in [2.45, 2.75) is 43.6 Å². The Kier molecular flexibility index (Phi) is 5.75. The van der Waals surface area contributed by atoms with E-state index in [9.17, 15) is 8.42 Å². The van der Waals surface area contributed by atoms with Gasteiger partial charge in [0.05, 0.1) is 11.0 Å². The second-order valence-electron chi connectivity index (χ2n) is 5.59. The van der Waals surface area contributed by atoms with Crippen molar-refractivity contribution in [2.24, 2.45) is 0 Å². The first kappa shape index (κ1) is 16.4. The Labute approximate surface area is 126 Å². The summed E-state index contributed by atoms with van der Waals surface area (Å²) in [6.45, 7) is 2.95. The van der Waals surface area contributed by atoms with Crippen LogP contribution in [0.3, 0.4) is 0 Å². The largest absolute Gasteiger partial charge is 0.392 e. The van der Waals surface area contributed by atoms with E-state index >= 15 is 0 Å². The highest BCUT2D eigenvalue weighted by atomic mass is 32.2. The molecule has 1 unspecified atom stereocenters. The highest BCUT2D eigenvalue weighted by molar-refractivity contribution is 7.89. The predicted molar refractivity (Wildman–Crippen MR) is 82.8 cm³/mol. The van der Waals surface area contributed by atoms with Gasteiger partial charge in [0.15, 0.2) is 0 Å². The molecule has 0 amide bonds. The van der Waals surface area contributed by atoms with Gasteiger partial charge in [-0.1, -0.05) is 6.07 Å². The molecule has 1 aromatic carbocycles. The highest BCUT2D eigenvalue weighted by Crippen LogP contribution is 2.23. The molecule has 1 aromatic rings. The van der Waals surface area contributed by atoms with Crippen molar-refractivity contribution in [3.8, 4) is 0 Å². The summed E-state index contributed by atoms with van der Waals surface area (Å²) in [6.07, 6.45) is 3.91. The smallest absolute Gasteiger partial charge is 0.240 e. The fraction of sp³-hybridized carbons (Fsp3) is 0.600. The SMILES string of the molecule is CC(O)CNCCNS(=O)(=O)c1ccc2c(c1)CCCC2. The molecule has 2 rings (SSSR count). The third-order valence-corrected chi connectivity index (χ3v) is 5.12. The molecule has 1 aliphatic carbocycles. The average molecular weight is 312 g/mol. The van der Waals surface area contributed by atoms with E-state index in [4.69, 9.17) is 5.11 Å². The lowest BCUT2D eigenvalue weighted by Crippen LogP contribution is -2.34. The first-order chi connectivity index (χ1) is 9.99. The van der Waals surface area contributed by atoms with E-state index in [2.05, 4.69) is 10.0 Å². The van der Waals surface area contributed by atoms with E-state index in [1.165, 1.54) is 12.0 Å². The molecule has 0 saturated heterocycles. The summed E-state index contributed by atoms with van der Waals surface area (Å²) < 4.78 is 27.0. The minimum atomic E-state index is -3.45. The molecule has 1 atom stereocenters. The molecule has 5 nitrogen and oxygen atoms in total. The Morgan fingerprint density at radius 2 is 1.90 bits per heavy atom. The summed E-state index contributed by atoms with van der Waals surface area (Å²) in [7, 11) is -3.45. The van der Waals surface area contributed by atoms with Crippen molar-refractivity contribution in [1.82, 2.24) is 10.0 Å². The van der Waals surface area contributed by atoms with Crippen molar-refractivity contribution in [2.75, 3.05) is 19.6 Å². The summed E-state index contributed by atoms with van der Waals surface area (Å²) in [5.41, 5.74) is 2.44. The van der Waals surface area contributed by atoms with E-state index in [1.807, 2.05) is 6.07 Å². The van der Waals surface area contributed by atoms with E-state index in [0.29, 0.717) is 24.5 Å². The standard InChI is InChI=1S/C15H24N2O3S/c1-12(18)11-16-8-9-17-21(19,20)15-7-6-13-4-2-3-5-14(13)10-15/h6-7,10,12,16-18H,2-5,8-9,11H2,1H3. The van der Waals surface area contributed by atoms with E-state index in [1.54, 1.807) is 19.1 Å². The fourth-order valence-electron chi connectivity index (χ4n) is 2.55. The molecule has 0 aromatic heterocycles. The molecule has 0 bridgehead atoms. The van der Waals surface area contributed by atoms with Gasteiger partial charge in [-0.3, -0.25) is 0 Å². The van der Waals surface area contributed by atoms with Crippen LogP contribution in [0.15, 0.2) is 23.1 Å². The lowest BCUT2D eigenvalue weighted by Gasteiger charge is -2.17. The number of hydrogen-bond acceptors (Lipinski definition) is 4. The number of rotatable bonds is 7. The Morgan fingerprint density at radius 3 is 2.62 bits per heavy atom. The first-order valence-electron chi connectivity index (χ1n) is 7.49. The summed E-state index contributed by atoms with van der Waals surface area (Å²) in [6, 6.07) is 5.44. The van der Waals surface area contributed by atoms with E-state index in [0.717, 1.165) is 24.8 Å². The normalized spacial score (nSPS) is 16.5. The molecule has 3 N–H and O–H groups in total. The molecule has 0 spiro atoms. The Balaban J connectivity index is 1.93. The van der Waals surface area contributed by atoms with Gasteiger partial charge >= 0.3 is 0 Å². The molecule has 0 saturated carbocycles. The molecular formula is C15H24N2O3S. The first-order valence-corrected chi connectivity index (χ1v) is 8.97. The van der Waals surface area contributed by atoms with Gasteiger partial charge < -0.3 is 10.4 Å². The van der Waals surface area contributed by atoms with Gasteiger partial charge in [-0.25, -0.2) is 13.1 Å². The number of aliphatic hydroxyl groups is 1. The lowest BCUT2D eigenvalue weighted by atomic mass is 9.92. The van der Waals surface area contributed by atoms with Gasteiger partial charge in [0, 0.05) is 19.6 Å². The van der Waals surface area contributed by atoms with Crippen molar-refractivity contribution in [3.63, 3.8) is 0 Å². The zero-order valence-electron chi connectivity index (χ0n) is 12.4. The Hall–Kier alpha value is -0.950. The van der Waals surface area contributed by atoms with Gasteiger partial charge in [0.25, 0.3) is 0 Å². The van der Waals surface area contributed by atoms with Crippen LogP contribution in [0.4, 0.5) is 0 Å². The summed E-state index contributed by atoms with van der Waals surface area (Å²) in [5.74, 6) is 0. The number of fused-ring (bicyclic) bond motifs is 1. The Bertz CT molecular complexity index is 570. The van der Waals surface area contributed by atoms with Crippen LogP contribution in [0.5, 0.6) is 0 Å². The molecular weight excluding hydrogens is 288 g/mol. The summed E-state index contributed by atoms with van der Waals surface area (Å²) >= 11 is 0. The molecule has 118 valence electrons. The van der Waals surface area contributed by atoms with Gasteiger partial charge in [0.2, 0.25) is 10.0 Å². The van der Waals surface area contributed by atoms with Crippen molar-refractivity contribution >= 4 is 10.0 Å². The topological polar surface area (TPSA) is 78.4 Å². The number of sulfonamides is 1. The number of hydrogen-bond donors (Lipinski definition) is 3. The van der Waals surface area contributed by atoms with Crippen LogP contribution in [0.25, 0.3) is 0 Å². The van der Waals surface area contributed by atoms with Crippen LogP contribution in [0.1, 0.15) is 30.9 Å². The average Bonchev–Trinajstić information content (AvgIpc) is 2.46. The van der Waals surface area contributed by atoms with Crippen LogP contribution in [0.2, 0.25) is 0 Å². The van der Waals surface area contributed by atoms with Gasteiger partial charge in [-0.15, -0.1) is 0 Å². The zero-order valence-corrected chi connectivity index (χ0v) is 13.2. The minimum Gasteiger partial charge on any atom is -0.392 e. The maximum absolute atomic E-state index is 12.2. The lowest BCUT2D eigenvalue weighted by molar-refractivity contribution is 0.192. The maximum Gasteiger partial charge on any atom is 0.240 e. The van der Waals surface area contributed by atoms with E-state index in [-0.39, 0.29) is 0 Å². The zero-order chi connectivity index (χ0) is 15.3. The number of aryl methyl sites for hydroxylation is 2. The second-order valence-corrected chi connectivity index (χ2v) is 7.36. The molecule has 21 heavy (non-hydrogen) atoms. The number of aliphatic hydroxyl groups excluding tert-OH is 1. The third kappa shape index (κ3) is 4.78. The molecule has 0 fully saturated rings. The van der Waals surface area contributed by atoms with Crippen LogP contribution >= 0.6 is 0 Å². The van der Waals surface area contributed by atoms with E-state index < -0.39 is 16.1 Å². The fourth-order valence-corrected chi connectivity index (χ4v) is 3.63. The highest BCUT2D eigenvalue weighted by Gasteiger charge is 2.17. The van der Waals surface area contributed by atoms with Gasteiger partial charge in [0.1, 0.15) is 0 Å². The summed E-state index contributed by atoms with van der Waals surface area (Å²) in [4.78, 5) is 0.346.